The first-order valence-corrected chi connectivity index (χ1v) is 8.33. The highest BCUT2D eigenvalue weighted by molar-refractivity contribution is 5.89. The number of hydrogen-bond acceptors (Lipinski definition) is 3. The molecule has 0 spiro atoms. The summed E-state index contributed by atoms with van der Waals surface area (Å²) >= 11 is 0. The van der Waals surface area contributed by atoms with E-state index >= 15 is 0 Å². The first-order valence-electron chi connectivity index (χ1n) is 8.33. The molecular weight excluding hydrogens is 302 g/mol. The maximum Gasteiger partial charge on any atom is 0.245 e. The summed E-state index contributed by atoms with van der Waals surface area (Å²) in [5.41, 5.74) is 6.16. The minimum atomic E-state index is -0.282. The average Bonchev–Trinajstić information content (AvgIpc) is 3.09. The number of nitrogens with two attached hydrogens (primary N) is 1. The Labute approximate surface area is 139 Å². The van der Waals surface area contributed by atoms with Crippen LogP contribution in [0.4, 0.5) is 0 Å². The second-order valence-electron chi connectivity index (χ2n) is 7.29. The van der Waals surface area contributed by atoms with Crippen molar-refractivity contribution in [3.05, 3.63) is 0 Å². The first kappa shape index (κ1) is 17.5. The van der Waals surface area contributed by atoms with Crippen LogP contribution in [-0.2, 0) is 9.59 Å². The fraction of sp³-hybridized carbons (Fsp3) is 0.875. The number of rotatable bonds is 3. The summed E-state index contributed by atoms with van der Waals surface area (Å²) in [5.74, 6) is 1.48. The van der Waals surface area contributed by atoms with Gasteiger partial charge in [0.15, 0.2) is 0 Å². The number of likely N-dealkylation sites (tertiary alicyclic amines) is 2. The summed E-state index contributed by atoms with van der Waals surface area (Å²) in [6.07, 6.45) is 3.71. The molecule has 2 N–H and O–H groups in total. The van der Waals surface area contributed by atoms with E-state index in [4.69, 9.17) is 5.73 Å². The van der Waals surface area contributed by atoms with Crippen molar-refractivity contribution in [1.82, 2.24) is 9.80 Å². The van der Waals surface area contributed by atoms with Gasteiger partial charge in [0, 0.05) is 32.1 Å². The summed E-state index contributed by atoms with van der Waals surface area (Å²) in [6.45, 7) is 6.43. The largest absolute Gasteiger partial charge is 0.340 e. The lowest BCUT2D eigenvalue weighted by Gasteiger charge is -2.33. The van der Waals surface area contributed by atoms with Crippen LogP contribution >= 0.6 is 12.4 Å². The minimum absolute atomic E-state index is 0. The highest BCUT2D eigenvalue weighted by Crippen LogP contribution is 2.38. The van der Waals surface area contributed by atoms with Crippen LogP contribution in [0.2, 0.25) is 0 Å². The van der Waals surface area contributed by atoms with Gasteiger partial charge in [0.05, 0.1) is 0 Å². The van der Waals surface area contributed by atoms with Crippen LogP contribution in [0.5, 0.6) is 0 Å². The van der Waals surface area contributed by atoms with E-state index in [9.17, 15) is 9.59 Å². The van der Waals surface area contributed by atoms with Crippen LogP contribution in [0.3, 0.4) is 0 Å². The smallest absolute Gasteiger partial charge is 0.245 e. The Hall–Kier alpha value is -0.810. The molecule has 1 saturated carbocycles. The molecule has 3 fully saturated rings. The second kappa shape index (κ2) is 6.75. The zero-order valence-electron chi connectivity index (χ0n) is 13.5. The molecule has 126 valence electrons. The van der Waals surface area contributed by atoms with Gasteiger partial charge in [0.1, 0.15) is 6.04 Å². The lowest BCUT2D eigenvalue weighted by Crippen LogP contribution is -2.51. The molecule has 0 aromatic heterocycles. The normalized spacial score (nSPS) is 32.4. The van der Waals surface area contributed by atoms with Crippen molar-refractivity contribution in [2.75, 3.05) is 19.6 Å². The minimum Gasteiger partial charge on any atom is -0.340 e. The molecule has 3 aliphatic rings. The van der Waals surface area contributed by atoms with Crippen molar-refractivity contribution >= 4 is 24.2 Å². The Morgan fingerprint density at radius 2 is 2.00 bits per heavy atom. The molecule has 2 amide bonds. The van der Waals surface area contributed by atoms with Gasteiger partial charge in [-0.25, -0.2) is 0 Å². The molecule has 2 heterocycles. The highest BCUT2D eigenvalue weighted by Gasteiger charge is 2.45. The molecule has 4 atom stereocenters. The number of nitrogens with zero attached hydrogens (tertiary/aromatic N) is 2. The van der Waals surface area contributed by atoms with Gasteiger partial charge in [-0.1, -0.05) is 13.8 Å². The summed E-state index contributed by atoms with van der Waals surface area (Å²) in [5, 5.41) is 0. The van der Waals surface area contributed by atoms with E-state index < -0.39 is 0 Å². The zero-order chi connectivity index (χ0) is 15.1. The maximum atomic E-state index is 12.9. The van der Waals surface area contributed by atoms with Gasteiger partial charge in [-0.05, 0) is 37.0 Å². The number of amides is 2. The maximum absolute atomic E-state index is 12.9. The predicted octanol–water partition coefficient (Wildman–Crippen LogP) is 1.25. The monoisotopic (exact) mass is 329 g/mol. The Morgan fingerprint density at radius 1 is 1.27 bits per heavy atom. The molecule has 2 aliphatic heterocycles. The van der Waals surface area contributed by atoms with Gasteiger partial charge >= 0.3 is 0 Å². The lowest BCUT2D eigenvalue weighted by molar-refractivity contribution is -0.144. The second-order valence-corrected chi connectivity index (χ2v) is 7.29. The Bertz CT molecular complexity index is 443. The quantitative estimate of drug-likeness (QED) is 0.847. The van der Waals surface area contributed by atoms with E-state index in [1.807, 2.05) is 18.7 Å². The van der Waals surface area contributed by atoms with E-state index in [-0.39, 0.29) is 42.2 Å². The molecule has 5 nitrogen and oxygen atoms in total. The molecule has 2 saturated heterocycles. The molecule has 22 heavy (non-hydrogen) atoms. The third kappa shape index (κ3) is 2.98. The topological polar surface area (TPSA) is 66.6 Å². The Kier molecular flexibility index (Phi) is 5.38. The van der Waals surface area contributed by atoms with E-state index in [0.717, 1.165) is 38.9 Å². The van der Waals surface area contributed by atoms with Crippen molar-refractivity contribution < 1.29 is 9.59 Å². The lowest BCUT2D eigenvalue weighted by atomic mass is 9.98. The van der Waals surface area contributed by atoms with Gasteiger partial charge < -0.3 is 15.5 Å². The van der Waals surface area contributed by atoms with Crippen molar-refractivity contribution in [3.8, 4) is 0 Å². The van der Waals surface area contributed by atoms with Crippen molar-refractivity contribution in [2.24, 2.45) is 23.5 Å². The fourth-order valence-corrected chi connectivity index (χ4v) is 4.42. The third-order valence-electron chi connectivity index (χ3n) is 5.55. The van der Waals surface area contributed by atoms with Gasteiger partial charge in [-0.3, -0.25) is 9.59 Å². The van der Waals surface area contributed by atoms with Gasteiger partial charge in [-0.2, -0.15) is 0 Å². The summed E-state index contributed by atoms with van der Waals surface area (Å²) in [6, 6.07) is -0.0335. The number of carbonyl (C=O) groups excluding carboxylic acids is 2. The molecule has 0 aromatic carbocycles. The molecule has 4 unspecified atom stereocenters. The standard InChI is InChI=1S/C16H27N3O2.ClH/c1-10(2)15(19-7-3-4-14(19)20)16(21)18-8-11-5-6-13(17)12(11)9-18;/h10-13,15H,3-9,17H2,1-2H3;1H. The molecule has 0 radical (unpaired) electrons. The van der Waals surface area contributed by atoms with Gasteiger partial charge in [0.25, 0.3) is 0 Å². The number of halogens is 1. The van der Waals surface area contributed by atoms with E-state index in [2.05, 4.69) is 0 Å². The van der Waals surface area contributed by atoms with E-state index in [1.54, 1.807) is 4.90 Å². The molecule has 0 aromatic rings. The number of carbonyl (C=O) groups is 2. The van der Waals surface area contributed by atoms with Crippen LogP contribution in [0.1, 0.15) is 39.5 Å². The molecule has 0 bridgehead atoms. The fourth-order valence-electron chi connectivity index (χ4n) is 4.42. The van der Waals surface area contributed by atoms with E-state index in [1.165, 1.54) is 0 Å². The number of fused-ring (bicyclic) bond motifs is 1. The van der Waals surface area contributed by atoms with Crippen LogP contribution in [-0.4, -0.2) is 53.3 Å². The highest BCUT2D eigenvalue weighted by atomic mass is 35.5. The molecule has 1 aliphatic carbocycles. The van der Waals surface area contributed by atoms with Gasteiger partial charge in [-0.15, -0.1) is 12.4 Å². The van der Waals surface area contributed by atoms with E-state index in [0.29, 0.717) is 18.3 Å². The average molecular weight is 330 g/mol. The van der Waals surface area contributed by atoms with Gasteiger partial charge in [0.2, 0.25) is 11.8 Å². The SMILES string of the molecule is CC(C)C(C(=O)N1CC2CCC(N)C2C1)N1CCCC1=O.Cl. The van der Waals surface area contributed by atoms with Crippen molar-refractivity contribution in [1.29, 1.82) is 0 Å². The Balaban J connectivity index is 0.00000176. The summed E-state index contributed by atoms with van der Waals surface area (Å²) in [4.78, 5) is 28.8. The van der Waals surface area contributed by atoms with Crippen molar-refractivity contribution in [3.63, 3.8) is 0 Å². The van der Waals surface area contributed by atoms with Crippen LogP contribution < -0.4 is 5.73 Å². The van der Waals surface area contributed by atoms with Crippen LogP contribution in [0.15, 0.2) is 0 Å². The van der Waals surface area contributed by atoms with Crippen LogP contribution in [0.25, 0.3) is 0 Å². The molecular formula is C16H28ClN3O2. The summed E-state index contributed by atoms with van der Waals surface area (Å²) < 4.78 is 0. The third-order valence-corrected chi connectivity index (χ3v) is 5.55. The molecule has 6 heteroatoms. The van der Waals surface area contributed by atoms with Crippen LogP contribution in [0, 0.1) is 17.8 Å². The number of hydrogen-bond donors (Lipinski definition) is 1. The first-order chi connectivity index (χ1) is 9.99. The van der Waals surface area contributed by atoms with Crippen molar-refractivity contribution in [2.45, 2.75) is 51.6 Å². The Morgan fingerprint density at radius 3 is 2.55 bits per heavy atom. The zero-order valence-corrected chi connectivity index (χ0v) is 14.3. The predicted molar refractivity (Wildman–Crippen MR) is 87.6 cm³/mol. The summed E-state index contributed by atoms with van der Waals surface area (Å²) in [7, 11) is 0. The molecule has 3 rings (SSSR count).